The quantitative estimate of drug-likeness (QED) is 0.550. The van der Waals surface area contributed by atoms with Crippen molar-refractivity contribution < 1.29 is 4.48 Å². The molecule has 4 atom stereocenters. The molecule has 1 aliphatic heterocycles. The summed E-state index contributed by atoms with van der Waals surface area (Å²) >= 11 is 0. The highest BCUT2D eigenvalue weighted by atomic mass is 15.3. The van der Waals surface area contributed by atoms with Gasteiger partial charge >= 0.3 is 0 Å². The molecule has 1 fully saturated rings. The van der Waals surface area contributed by atoms with Crippen molar-refractivity contribution in [3.05, 3.63) is 0 Å². The summed E-state index contributed by atoms with van der Waals surface area (Å²) in [6.45, 7) is 12.3. The van der Waals surface area contributed by atoms with E-state index in [0.29, 0.717) is 0 Å². The van der Waals surface area contributed by atoms with Crippen LogP contribution in [0.1, 0.15) is 40.5 Å². The number of hydrogen-bond acceptors (Lipinski definition) is 0. The highest BCUT2D eigenvalue weighted by molar-refractivity contribution is 4.70. The van der Waals surface area contributed by atoms with E-state index in [9.17, 15) is 0 Å². The average molecular weight is 184 g/mol. The van der Waals surface area contributed by atoms with Gasteiger partial charge in [0.15, 0.2) is 0 Å². The second-order valence-corrected chi connectivity index (χ2v) is 5.35. The topological polar surface area (TPSA) is 0 Å². The van der Waals surface area contributed by atoms with Gasteiger partial charge in [-0.3, -0.25) is 0 Å². The van der Waals surface area contributed by atoms with Crippen LogP contribution in [0.15, 0.2) is 0 Å². The molecule has 78 valence electrons. The zero-order valence-electron chi connectivity index (χ0n) is 10.0. The lowest BCUT2D eigenvalue weighted by Crippen LogP contribution is -2.50. The maximum Gasteiger partial charge on any atom is 0.0862 e. The van der Waals surface area contributed by atoms with Crippen molar-refractivity contribution >= 4 is 0 Å². The van der Waals surface area contributed by atoms with Gasteiger partial charge < -0.3 is 4.48 Å². The van der Waals surface area contributed by atoms with E-state index in [1.54, 1.807) is 0 Å². The molecule has 0 N–H and O–H groups in total. The Morgan fingerprint density at radius 3 is 2.31 bits per heavy atom. The second kappa shape index (κ2) is 4.00. The Kier molecular flexibility index (Phi) is 3.39. The molecule has 1 nitrogen and oxygen atoms in total. The molecule has 1 aliphatic rings. The first-order valence-corrected chi connectivity index (χ1v) is 5.84. The molecule has 13 heavy (non-hydrogen) atoms. The Hall–Kier alpha value is -0.0400. The third kappa shape index (κ3) is 2.25. The molecular formula is C12H26N+. The van der Waals surface area contributed by atoms with Gasteiger partial charge in [0.1, 0.15) is 0 Å². The SMILES string of the molecule is CC[N+]1(C)CCC(C)C(C)CC1C. The van der Waals surface area contributed by atoms with Gasteiger partial charge in [-0.2, -0.15) is 0 Å². The molecule has 0 aromatic rings. The van der Waals surface area contributed by atoms with Crippen molar-refractivity contribution in [3.8, 4) is 0 Å². The van der Waals surface area contributed by atoms with E-state index in [1.165, 1.54) is 30.4 Å². The maximum atomic E-state index is 2.43. The summed E-state index contributed by atoms with van der Waals surface area (Å²) in [4.78, 5) is 0. The minimum atomic E-state index is 0.852. The molecule has 4 unspecified atom stereocenters. The van der Waals surface area contributed by atoms with Crippen LogP contribution < -0.4 is 0 Å². The average Bonchev–Trinajstić information content (AvgIpc) is 2.20. The van der Waals surface area contributed by atoms with Gasteiger partial charge in [0, 0.05) is 6.42 Å². The summed E-state index contributed by atoms with van der Waals surface area (Å²) in [5.74, 6) is 1.84. The Bertz CT molecular complexity index is 167. The van der Waals surface area contributed by atoms with Crippen molar-refractivity contribution in [3.63, 3.8) is 0 Å². The first-order valence-electron chi connectivity index (χ1n) is 5.84. The fraction of sp³-hybridized carbons (Fsp3) is 1.00. The van der Waals surface area contributed by atoms with Crippen molar-refractivity contribution in [2.75, 3.05) is 20.1 Å². The van der Waals surface area contributed by atoms with E-state index in [0.717, 1.165) is 17.9 Å². The number of hydrogen-bond donors (Lipinski definition) is 0. The fourth-order valence-corrected chi connectivity index (χ4v) is 2.50. The molecule has 0 radical (unpaired) electrons. The number of rotatable bonds is 1. The van der Waals surface area contributed by atoms with Gasteiger partial charge in [-0.15, -0.1) is 0 Å². The van der Waals surface area contributed by atoms with E-state index in [1.807, 2.05) is 0 Å². The zero-order valence-corrected chi connectivity index (χ0v) is 10.0. The van der Waals surface area contributed by atoms with Gasteiger partial charge in [0.25, 0.3) is 0 Å². The normalized spacial score (nSPS) is 47.3. The Labute approximate surface area is 83.7 Å². The first-order chi connectivity index (χ1) is 5.99. The van der Waals surface area contributed by atoms with Crippen LogP contribution in [0, 0.1) is 11.8 Å². The molecule has 1 heteroatoms. The summed E-state index contributed by atoms with van der Waals surface area (Å²) in [5.41, 5.74) is 0. The van der Waals surface area contributed by atoms with E-state index < -0.39 is 0 Å². The summed E-state index contributed by atoms with van der Waals surface area (Å²) in [7, 11) is 2.43. The molecule has 0 aromatic heterocycles. The van der Waals surface area contributed by atoms with Gasteiger partial charge in [-0.1, -0.05) is 13.8 Å². The molecule has 0 aliphatic carbocycles. The lowest BCUT2D eigenvalue weighted by atomic mass is 9.90. The molecule has 0 saturated carbocycles. The summed E-state index contributed by atoms with van der Waals surface area (Å²) < 4.78 is 1.29. The monoisotopic (exact) mass is 184 g/mol. The Balaban J connectivity index is 2.71. The molecule has 1 rings (SSSR count). The number of quaternary nitrogens is 1. The van der Waals surface area contributed by atoms with Crippen LogP contribution in [0.2, 0.25) is 0 Å². The number of likely N-dealkylation sites (tertiary alicyclic amines) is 1. The van der Waals surface area contributed by atoms with Crippen LogP contribution in [0.25, 0.3) is 0 Å². The lowest BCUT2D eigenvalue weighted by molar-refractivity contribution is -0.929. The number of nitrogens with zero attached hydrogens (tertiary/aromatic N) is 1. The van der Waals surface area contributed by atoms with Crippen LogP contribution in [0.5, 0.6) is 0 Å². The van der Waals surface area contributed by atoms with Crippen LogP contribution in [-0.4, -0.2) is 30.7 Å². The Morgan fingerprint density at radius 2 is 1.77 bits per heavy atom. The Morgan fingerprint density at radius 1 is 1.15 bits per heavy atom. The van der Waals surface area contributed by atoms with Crippen LogP contribution >= 0.6 is 0 Å². The van der Waals surface area contributed by atoms with Crippen molar-refractivity contribution in [1.82, 2.24) is 0 Å². The maximum absolute atomic E-state index is 2.43. The van der Waals surface area contributed by atoms with Gasteiger partial charge in [0.05, 0.1) is 26.2 Å². The highest BCUT2D eigenvalue weighted by Crippen LogP contribution is 2.30. The lowest BCUT2D eigenvalue weighted by Gasteiger charge is -2.38. The molecule has 0 spiro atoms. The van der Waals surface area contributed by atoms with Crippen LogP contribution in [0.3, 0.4) is 0 Å². The van der Waals surface area contributed by atoms with Crippen molar-refractivity contribution in [2.24, 2.45) is 11.8 Å². The van der Waals surface area contributed by atoms with E-state index in [4.69, 9.17) is 0 Å². The van der Waals surface area contributed by atoms with Crippen molar-refractivity contribution in [2.45, 2.75) is 46.6 Å². The molecule has 1 heterocycles. The zero-order chi connectivity index (χ0) is 10.1. The molecule has 0 bridgehead atoms. The summed E-state index contributed by atoms with van der Waals surface area (Å²) in [5, 5.41) is 0. The standard InChI is InChI=1S/C12H26N/c1-6-13(5)8-7-10(2)11(3)9-12(13)4/h10-12H,6-9H2,1-5H3/q+1. The van der Waals surface area contributed by atoms with E-state index >= 15 is 0 Å². The predicted octanol–water partition coefficient (Wildman–Crippen LogP) is 2.91. The van der Waals surface area contributed by atoms with E-state index in [2.05, 4.69) is 34.7 Å². The minimum absolute atomic E-state index is 0.852. The first kappa shape index (κ1) is 11.0. The van der Waals surface area contributed by atoms with Gasteiger partial charge in [0.2, 0.25) is 0 Å². The fourth-order valence-electron chi connectivity index (χ4n) is 2.50. The van der Waals surface area contributed by atoms with Crippen LogP contribution in [0.4, 0.5) is 0 Å². The molecule has 0 amide bonds. The predicted molar refractivity (Wildman–Crippen MR) is 58.6 cm³/mol. The third-order valence-corrected chi connectivity index (χ3v) is 4.57. The largest absolute Gasteiger partial charge is 0.324 e. The molecule has 0 aromatic carbocycles. The molecular weight excluding hydrogens is 158 g/mol. The van der Waals surface area contributed by atoms with E-state index in [-0.39, 0.29) is 0 Å². The van der Waals surface area contributed by atoms with Crippen molar-refractivity contribution in [1.29, 1.82) is 0 Å². The highest BCUT2D eigenvalue weighted by Gasteiger charge is 2.33. The van der Waals surface area contributed by atoms with Gasteiger partial charge in [-0.25, -0.2) is 0 Å². The van der Waals surface area contributed by atoms with Gasteiger partial charge in [-0.05, 0) is 32.1 Å². The van der Waals surface area contributed by atoms with Crippen LogP contribution in [-0.2, 0) is 0 Å². The summed E-state index contributed by atoms with van der Waals surface area (Å²) in [6, 6.07) is 0.852. The summed E-state index contributed by atoms with van der Waals surface area (Å²) in [6.07, 6.45) is 2.82. The third-order valence-electron chi connectivity index (χ3n) is 4.57. The second-order valence-electron chi connectivity index (χ2n) is 5.35. The minimum Gasteiger partial charge on any atom is -0.324 e. The smallest absolute Gasteiger partial charge is 0.0862 e. The molecule has 1 saturated heterocycles.